The van der Waals surface area contributed by atoms with Crippen LogP contribution in [0.5, 0.6) is 0 Å². The molecule has 0 N–H and O–H groups in total. The van der Waals surface area contributed by atoms with E-state index in [1.54, 1.807) is 0 Å². The number of pyridine rings is 1. The van der Waals surface area contributed by atoms with Crippen LogP contribution in [0, 0.1) is 5.92 Å². The summed E-state index contributed by atoms with van der Waals surface area (Å²) in [5, 5.41) is 0. The molecule has 16 heavy (non-hydrogen) atoms. The van der Waals surface area contributed by atoms with E-state index in [2.05, 4.69) is 49.8 Å². The van der Waals surface area contributed by atoms with Crippen molar-refractivity contribution in [2.24, 2.45) is 5.92 Å². The lowest BCUT2D eigenvalue weighted by molar-refractivity contribution is 0.634. The molecule has 1 rings (SSSR count). The lowest BCUT2D eigenvalue weighted by atomic mass is 10.2. The molecule has 0 unspecified atom stereocenters. The predicted octanol–water partition coefficient (Wildman–Crippen LogP) is 3.48. The number of aromatic nitrogens is 1. The van der Waals surface area contributed by atoms with Gasteiger partial charge in [0.2, 0.25) is 0 Å². The fourth-order valence-electron chi connectivity index (χ4n) is 1.73. The molecule has 0 radical (unpaired) electrons. The molecule has 0 fully saturated rings. The second kappa shape index (κ2) is 6.09. The summed E-state index contributed by atoms with van der Waals surface area (Å²) in [5.74, 6) is 2.22. The van der Waals surface area contributed by atoms with Crippen LogP contribution in [0.1, 0.15) is 32.0 Å². The molecule has 0 aliphatic rings. The highest BCUT2D eigenvalue weighted by atomic mass is 35.5. The third-order valence-corrected chi connectivity index (χ3v) is 2.78. The van der Waals surface area contributed by atoms with Gasteiger partial charge in [-0.05, 0) is 30.0 Å². The van der Waals surface area contributed by atoms with Crippen LogP contribution in [0.2, 0.25) is 0 Å². The van der Waals surface area contributed by atoms with Gasteiger partial charge in [-0.1, -0.05) is 20.8 Å². The van der Waals surface area contributed by atoms with Gasteiger partial charge in [0.05, 0.1) is 0 Å². The number of nitrogens with zero attached hydrogens (tertiary/aromatic N) is 2. The van der Waals surface area contributed by atoms with Gasteiger partial charge < -0.3 is 4.90 Å². The van der Waals surface area contributed by atoms with Crippen LogP contribution in [0.3, 0.4) is 0 Å². The van der Waals surface area contributed by atoms with Crippen molar-refractivity contribution in [2.75, 3.05) is 18.5 Å². The summed E-state index contributed by atoms with van der Waals surface area (Å²) in [4.78, 5) is 6.81. The first-order valence-corrected chi connectivity index (χ1v) is 6.37. The molecule has 0 bridgehead atoms. The fraction of sp³-hybridized carbons (Fsp3) is 0.615. The summed E-state index contributed by atoms with van der Waals surface area (Å²) in [6.45, 7) is 7.56. The maximum absolute atomic E-state index is 5.89. The number of alkyl halides is 1. The minimum Gasteiger partial charge on any atom is -0.359 e. The lowest BCUT2D eigenvalue weighted by Gasteiger charge is -2.21. The third-order valence-electron chi connectivity index (χ3n) is 2.47. The van der Waals surface area contributed by atoms with Crippen molar-refractivity contribution in [3.63, 3.8) is 0 Å². The number of hydrogen-bond acceptors (Lipinski definition) is 2. The van der Waals surface area contributed by atoms with Crippen LogP contribution < -0.4 is 4.90 Å². The molecule has 0 aromatic carbocycles. The van der Waals surface area contributed by atoms with Crippen LogP contribution in [0.15, 0.2) is 12.1 Å². The number of hydrogen-bond donors (Lipinski definition) is 0. The van der Waals surface area contributed by atoms with Gasteiger partial charge in [0.25, 0.3) is 0 Å². The Kier molecular flexibility index (Phi) is 5.07. The van der Waals surface area contributed by atoms with Gasteiger partial charge >= 0.3 is 0 Å². The molecule has 90 valence electrons. The largest absolute Gasteiger partial charge is 0.359 e. The molecule has 2 nitrogen and oxygen atoms in total. The van der Waals surface area contributed by atoms with E-state index in [-0.39, 0.29) is 0 Å². The van der Waals surface area contributed by atoms with Crippen molar-refractivity contribution in [3.05, 3.63) is 23.4 Å². The summed E-state index contributed by atoms with van der Waals surface area (Å²) in [7, 11) is 2.08. The predicted molar refractivity (Wildman–Crippen MR) is 71.3 cm³/mol. The van der Waals surface area contributed by atoms with E-state index in [0.717, 1.165) is 30.0 Å². The standard InChI is InChI=1S/C13H21ClN2/c1-5-12-6-11(8-14)7-13(15-12)16(4)9-10(2)3/h6-7,10H,5,8-9H2,1-4H3. The Hall–Kier alpha value is -0.760. The van der Waals surface area contributed by atoms with Gasteiger partial charge in [0.1, 0.15) is 5.82 Å². The van der Waals surface area contributed by atoms with Crippen LogP contribution in [0.4, 0.5) is 5.82 Å². The zero-order chi connectivity index (χ0) is 12.1. The van der Waals surface area contributed by atoms with Crippen molar-refractivity contribution < 1.29 is 0 Å². The molecule has 0 saturated carbocycles. The van der Waals surface area contributed by atoms with E-state index in [9.17, 15) is 0 Å². The maximum Gasteiger partial charge on any atom is 0.128 e. The number of anilines is 1. The molecular weight excluding hydrogens is 220 g/mol. The Labute approximate surface area is 104 Å². The summed E-state index contributed by atoms with van der Waals surface area (Å²) in [5.41, 5.74) is 2.27. The average molecular weight is 241 g/mol. The normalized spacial score (nSPS) is 10.9. The summed E-state index contributed by atoms with van der Waals surface area (Å²) >= 11 is 5.89. The van der Waals surface area contributed by atoms with Crippen LogP contribution in [-0.2, 0) is 12.3 Å². The zero-order valence-electron chi connectivity index (χ0n) is 10.6. The Bertz CT molecular complexity index is 314. The molecule has 1 heterocycles. The van der Waals surface area contributed by atoms with Gasteiger partial charge in [-0.15, -0.1) is 11.6 Å². The minimum atomic E-state index is 0.554. The van der Waals surface area contributed by atoms with Crippen LogP contribution in [-0.4, -0.2) is 18.6 Å². The fourth-order valence-corrected chi connectivity index (χ4v) is 1.88. The van der Waals surface area contributed by atoms with Crippen LogP contribution in [0.25, 0.3) is 0 Å². The zero-order valence-corrected chi connectivity index (χ0v) is 11.4. The molecule has 0 atom stereocenters. The first-order chi connectivity index (χ1) is 7.56. The van der Waals surface area contributed by atoms with Crippen molar-refractivity contribution >= 4 is 17.4 Å². The van der Waals surface area contributed by atoms with E-state index in [1.807, 2.05) is 0 Å². The van der Waals surface area contributed by atoms with E-state index < -0.39 is 0 Å². The number of aryl methyl sites for hydroxylation is 1. The summed E-state index contributed by atoms with van der Waals surface area (Å²) < 4.78 is 0. The molecule has 0 aliphatic carbocycles. The lowest BCUT2D eigenvalue weighted by Crippen LogP contribution is -2.23. The Morgan fingerprint density at radius 3 is 2.56 bits per heavy atom. The number of rotatable bonds is 5. The first-order valence-electron chi connectivity index (χ1n) is 5.83. The van der Waals surface area contributed by atoms with Crippen molar-refractivity contribution in [1.82, 2.24) is 4.98 Å². The monoisotopic (exact) mass is 240 g/mol. The van der Waals surface area contributed by atoms with Crippen molar-refractivity contribution in [3.8, 4) is 0 Å². The number of halogens is 1. The van der Waals surface area contributed by atoms with E-state index >= 15 is 0 Å². The Balaban J connectivity index is 2.93. The van der Waals surface area contributed by atoms with Crippen LogP contribution >= 0.6 is 11.6 Å². The highest BCUT2D eigenvalue weighted by molar-refractivity contribution is 6.17. The highest BCUT2D eigenvalue weighted by Gasteiger charge is 2.07. The van der Waals surface area contributed by atoms with Crippen molar-refractivity contribution in [1.29, 1.82) is 0 Å². The SMILES string of the molecule is CCc1cc(CCl)cc(N(C)CC(C)C)n1. The third kappa shape index (κ3) is 3.67. The second-order valence-electron chi connectivity index (χ2n) is 4.59. The quantitative estimate of drug-likeness (QED) is 0.733. The van der Waals surface area contributed by atoms with Gasteiger partial charge in [-0.3, -0.25) is 0 Å². The molecule has 0 amide bonds. The summed E-state index contributed by atoms with van der Waals surface area (Å²) in [6, 6.07) is 4.16. The molecule has 3 heteroatoms. The van der Waals surface area contributed by atoms with Gasteiger partial charge in [0.15, 0.2) is 0 Å². The molecule has 0 saturated heterocycles. The molecule has 1 aromatic heterocycles. The Morgan fingerprint density at radius 2 is 2.06 bits per heavy atom. The van der Waals surface area contributed by atoms with Gasteiger partial charge in [-0.2, -0.15) is 0 Å². The molecule has 0 aliphatic heterocycles. The smallest absolute Gasteiger partial charge is 0.128 e. The average Bonchev–Trinajstić information content (AvgIpc) is 2.27. The van der Waals surface area contributed by atoms with E-state index in [0.29, 0.717) is 11.8 Å². The highest BCUT2D eigenvalue weighted by Crippen LogP contribution is 2.17. The Morgan fingerprint density at radius 1 is 1.38 bits per heavy atom. The topological polar surface area (TPSA) is 16.1 Å². The van der Waals surface area contributed by atoms with Crippen molar-refractivity contribution in [2.45, 2.75) is 33.1 Å². The summed E-state index contributed by atoms with van der Waals surface area (Å²) in [6.07, 6.45) is 0.952. The van der Waals surface area contributed by atoms with Gasteiger partial charge in [0, 0.05) is 25.2 Å². The van der Waals surface area contributed by atoms with E-state index in [4.69, 9.17) is 11.6 Å². The molecule has 0 spiro atoms. The second-order valence-corrected chi connectivity index (χ2v) is 4.85. The molecule has 1 aromatic rings. The minimum absolute atomic E-state index is 0.554. The molecular formula is C13H21ClN2. The maximum atomic E-state index is 5.89. The first kappa shape index (κ1) is 13.3. The van der Waals surface area contributed by atoms with Gasteiger partial charge in [-0.25, -0.2) is 4.98 Å². The van der Waals surface area contributed by atoms with E-state index in [1.165, 1.54) is 0 Å².